The van der Waals surface area contributed by atoms with Gasteiger partial charge in [-0.2, -0.15) is 0 Å². The van der Waals surface area contributed by atoms with Gasteiger partial charge in [-0.3, -0.25) is 0 Å². The summed E-state index contributed by atoms with van der Waals surface area (Å²) < 4.78 is 10.5. The Morgan fingerprint density at radius 3 is 2.62 bits per heavy atom. The SMILES string of the molecule is COc1ccc(Nc2ncccc2C(=O)OCCCN(C)C)cc1. The molecule has 2 rings (SSSR count). The second-order valence-corrected chi connectivity index (χ2v) is 5.55. The van der Waals surface area contributed by atoms with Crippen molar-refractivity contribution < 1.29 is 14.3 Å². The Bertz CT molecular complexity index is 657. The van der Waals surface area contributed by atoms with Crippen molar-refractivity contribution >= 4 is 17.5 Å². The molecule has 0 saturated carbocycles. The van der Waals surface area contributed by atoms with E-state index in [0.717, 1.165) is 24.4 Å². The highest BCUT2D eigenvalue weighted by atomic mass is 16.5. The number of rotatable bonds is 8. The third-order valence-corrected chi connectivity index (χ3v) is 3.36. The third-order valence-electron chi connectivity index (χ3n) is 3.36. The number of nitrogens with one attached hydrogen (secondary N) is 1. The van der Waals surface area contributed by atoms with Gasteiger partial charge < -0.3 is 19.7 Å². The van der Waals surface area contributed by atoms with E-state index in [1.54, 1.807) is 25.4 Å². The monoisotopic (exact) mass is 329 g/mol. The van der Waals surface area contributed by atoms with Crippen molar-refractivity contribution in [3.05, 3.63) is 48.2 Å². The quantitative estimate of drug-likeness (QED) is 0.593. The van der Waals surface area contributed by atoms with Gasteiger partial charge in [0.2, 0.25) is 0 Å². The topological polar surface area (TPSA) is 63.7 Å². The minimum atomic E-state index is -0.377. The summed E-state index contributed by atoms with van der Waals surface area (Å²) in [6.07, 6.45) is 2.43. The molecular formula is C18H23N3O3. The van der Waals surface area contributed by atoms with Crippen LogP contribution in [0.4, 0.5) is 11.5 Å². The number of carbonyl (C=O) groups excluding carboxylic acids is 1. The summed E-state index contributed by atoms with van der Waals surface area (Å²) in [5.74, 6) is 0.861. The summed E-state index contributed by atoms with van der Waals surface area (Å²) in [6.45, 7) is 1.26. The molecule has 128 valence electrons. The molecule has 0 radical (unpaired) electrons. The van der Waals surface area contributed by atoms with E-state index < -0.39 is 0 Å². The lowest BCUT2D eigenvalue weighted by molar-refractivity contribution is 0.0494. The molecule has 0 amide bonds. The first-order valence-corrected chi connectivity index (χ1v) is 7.78. The van der Waals surface area contributed by atoms with Gasteiger partial charge in [-0.05, 0) is 56.9 Å². The van der Waals surface area contributed by atoms with Crippen molar-refractivity contribution in [1.82, 2.24) is 9.88 Å². The molecule has 1 N–H and O–H groups in total. The Hall–Kier alpha value is -2.60. The zero-order valence-corrected chi connectivity index (χ0v) is 14.3. The van der Waals surface area contributed by atoms with Gasteiger partial charge in [-0.15, -0.1) is 0 Å². The highest BCUT2D eigenvalue weighted by Crippen LogP contribution is 2.21. The molecule has 2 aromatic rings. The van der Waals surface area contributed by atoms with Crippen molar-refractivity contribution in [2.24, 2.45) is 0 Å². The van der Waals surface area contributed by atoms with Crippen LogP contribution in [0.2, 0.25) is 0 Å². The van der Waals surface area contributed by atoms with Gasteiger partial charge in [-0.25, -0.2) is 9.78 Å². The lowest BCUT2D eigenvalue weighted by Crippen LogP contribution is -2.16. The number of pyridine rings is 1. The first-order chi connectivity index (χ1) is 11.6. The zero-order valence-electron chi connectivity index (χ0n) is 14.3. The van der Waals surface area contributed by atoms with E-state index in [-0.39, 0.29) is 5.97 Å². The molecule has 0 aliphatic carbocycles. The number of hydrogen-bond acceptors (Lipinski definition) is 6. The summed E-state index contributed by atoms with van der Waals surface area (Å²) in [4.78, 5) is 18.6. The van der Waals surface area contributed by atoms with Crippen LogP contribution in [0.25, 0.3) is 0 Å². The Morgan fingerprint density at radius 1 is 1.21 bits per heavy atom. The highest BCUT2D eigenvalue weighted by molar-refractivity contribution is 5.95. The molecule has 1 heterocycles. The molecule has 0 atom stereocenters. The fourth-order valence-corrected chi connectivity index (χ4v) is 2.10. The van der Waals surface area contributed by atoms with Gasteiger partial charge in [0.15, 0.2) is 0 Å². The zero-order chi connectivity index (χ0) is 17.4. The number of carbonyl (C=O) groups is 1. The molecule has 0 bridgehead atoms. The molecular weight excluding hydrogens is 306 g/mol. The van der Waals surface area contributed by atoms with E-state index in [0.29, 0.717) is 18.0 Å². The van der Waals surface area contributed by atoms with Gasteiger partial charge in [0.25, 0.3) is 0 Å². The fraction of sp³-hybridized carbons (Fsp3) is 0.333. The van der Waals surface area contributed by atoms with Gasteiger partial charge in [0.1, 0.15) is 17.1 Å². The molecule has 1 aromatic heterocycles. The number of aromatic nitrogens is 1. The lowest BCUT2D eigenvalue weighted by atomic mass is 10.2. The molecule has 0 saturated heterocycles. The molecule has 0 unspecified atom stereocenters. The van der Waals surface area contributed by atoms with Crippen LogP contribution in [0.5, 0.6) is 5.75 Å². The van der Waals surface area contributed by atoms with Gasteiger partial charge in [0.05, 0.1) is 13.7 Å². The molecule has 24 heavy (non-hydrogen) atoms. The van der Waals surface area contributed by atoms with Gasteiger partial charge in [0, 0.05) is 18.4 Å². The molecule has 0 fully saturated rings. The highest BCUT2D eigenvalue weighted by Gasteiger charge is 2.14. The van der Waals surface area contributed by atoms with Crippen molar-refractivity contribution in [1.29, 1.82) is 0 Å². The Labute approximate surface area is 142 Å². The smallest absolute Gasteiger partial charge is 0.341 e. The normalized spacial score (nSPS) is 10.5. The van der Waals surface area contributed by atoms with Gasteiger partial charge in [-0.1, -0.05) is 0 Å². The summed E-state index contributed by atoms with van der Waals surface area (Å²) in [7, 11) is 5.59. The first-order valence-electron chi connectivity index (χ1n) is 7.78. The number of methoxy groups -OCH3 is 1. The van der Waals surface area contributed by atoms with Crippen LogP contribution >= 0.6 is 0 Å². The second-order valence-electron chi connectivity index (χ2n) is 5.55. The minimum Gasteiger partial charge on any atom is -0.497 e. The number of hydrogen-bond donors (Lipinski definition) is 1. The van der Waals surface area contributed by atoms with E-state index in [9.17, 15) is 4.79 Å². The average Bonchev–Trinajstić information content (AvgIpc) is 2.59. The largest absolute Gasteiger partial charge is 0.497 e. The van der Waals surface area contributed by atoms with E-state index >= 15 is 0 Å². The summed E-state index contributed by atoms with van der Waals surface area (Å²) >= 11 is 0. The number of nitrogens with zero attached hydrogens (tertiary/aromatic N) is 2. The van der Waals surface area contributed by atoms with Crippen LogP contribution in [0, 0.1) is 0 Å². The molecule has 1 aromatic carbocycles. The Balaban J connectivity index is 2.01. The number of anilines is 2. The fourth-order valence-electron chi connectivity index (χ4n) is 2.10. The molecule has 6 heteroatoms. The van der Waals surface area contributed by atoms with Crippen LogP contribution in [0.3, 0.4) is 0 Å². The number of esters is 1. The van der Waals surface area contributed by atoms with Crippen LogP contribution in [0.1, 0.15) is 16.8 Å². The lowest BCUT2D eigenvalue weighted by Gasteiger charge is -2.12. The van der Waals surface area contributed by atoms with Crippen molar-refractivity contribution in [2.45, 2.75) is 6.42 Å². The van der Waals surface area contributed by atoms with Crippen LogP contribution in [-0.2, 0) is 4.74 Å². The standard InChI is InChI=1S/C18H23N3O3/c1-21(2)12-5-13-24-18(22)16-6-4-11-19-17(16)20-14-7-9-15(23-3)10-8-14/h4,6-11H,5,12-13H2,1-3H3,(H,19,20). The summed E-state index contributed by atoms with van der Waals surface area (Å²) in [6, 6.07) is 10.8. The van der Waals surface area contributed by atoms with E-state index in [2.05, 4.69) is 15.2 Å². The van der Waals surface area contributed by atoms with E-state index in [1.165, 1.54) is 0 Å². The van der Waals surface area contributed by atoms with E-state index in [4.69, 9.17) is 9.47 Å². The maximum Gasteiger partial charge on any atom is 0.341 e. The van der Waals surface area contributed by atoms with Crippen molar-refractivity contribution in [3.63, 3.8) is 0 Å². The van der Waals surface area contributed by atoms with Crippen molar-refractivity contribution in [2.75, 3.05) is 39.7 Å². The summed E-state index contributed by atoms with van der Waals surface area (Å²) in [5, 5.41) is 3.14. The molecule has 0 spiro atoms. The maximum absolute atomic E-state index is 12.3. The van der Waals surface area contributed by atoms with Gasteiger partial charge >= 0.3 is 5.97 Å². The van der Waals surface area contributed by atoms with Crippen LogP contribution < -0.4 is 10.1 Å². The molecule has 0 aliphatic rings. The second kappa shape index (κ2) is 8.88. The predicted octanol–water partition coefficient (Wildman–Crippen LogP) is 2.94. The Kier molecular flexibility index (Phi) is 6.57. The summed E-state index contributed by atoms with van der Waals surface area (Å²) in [5.41, 5.74) is 1.23. The predicted molar refractivity (Wildman–Crippen MR) is 94.0 cm³/mol. The van der Waals surface area contributed by atoms with Crippen LogP contribution in [0.15, 0.2) is 42.6 Å². The molecule has 6 nitrogen and oxygen atoms in total. The molecule has 0 aliphatic heterocycles. The minimum absolute atomic E-state index is 0.377. The number of ether oxygens (including phenoxy) is 2. The number of benzene rings is 1. The maximum atomic E-state index is 12.3. The van der Waals surface area contributed by atoms with Crippen molar-refractivity contribution in [3.8, 4) is 5.75 Å². The van der Waals surface area contributed by atoms with Crippen LogP contribution in [-0.4, -0.2) is 50.2 Å². The average molecular weight is 329 g/mol. The Morgan fingerprint density at radius 2 is 1.96 bits per heavy atom. The van der Waals surface area contributed by atoms with E-state index in [1.807, 2.05) is 38.4 Å². The first kappa shape index (κ1) is 17.7. The third kappa shape index (κ3) is 5.24.